The van der Waals surface area contributed by atoms with Crippen molar-refractivity contribution in [2.45, 2.75) is 31.5 Å². The molecule has 0 aliphatic carbocycles. The number of aliphatic hydroxyl groups is 3. The summed E-state index contributed by atoms with van der Waals surface area (Å²) in [5.41, 5.74) is -0.906. The van der Waals surface area contributed by atoms with Crippen LogP contribution in [0.3, 0.4) is 0 Å². The number of aromatic amines is 1. The third kappa shape index (κ3) is 2.34. The minimum atomic E-state index is -1.34. The van der Waals surface area contributed by atoms with Crippen molar-refractivity contribution in [2.24, 2.45) is 0 Å². The Bertz CT molecular complexity index is 634. The Hall–Kier alpha value is -1.74. The number of H-pyrrole nitrogens is 1. The van der Waals surface area contributed by atoms with Crippen LogP contribution in [0.2, 0.25) is 0 Å². The van der Waals surface area contributed by atoms with Crippen molar-refractivity contribution in [3.8, 4) is 0 Å². The molecule has 0 bridgehead atoms. The van der Waals surface area contributed by atoms with Gasteiger partial charge in [0.1, 0.15) is 18.3 Å². The lowest BCUT2D eigenvalue weighted by atomic mass is 9.97. The van der Waals surface area contributed by atoms with Gasteiger partial charge >= 0.3 is 5.69 Å². The quantitative estimate of drug-likeness (QED) is 0.466. The number of rotatable bonds is 2. The lowest BCUT2D eigenvalue weighted by Gasteiger charge is -2.38. The van der Waals surface area contributed by atoms with Gasteiger partial charge in [-0.1, -0.05) is 6.58 Å². The summed E-state index contributed by atoms with van der Waals surface area (Å²) in [6, 6.07) is 0. The van der Waals surface area contributed by atoms with Crippen molar-refractivity contribution in [1.82, 2.24) is 9.55 Å². The fraction of sp³-hybridized carbons (Fsp3) is 0.500. The van der Waals surface area contributed by atoms with E-state index in [4.69, 9.17) is 9.84 Å². The summed E-state index contributed by atoms with van der Waals surface area (Å²) in [5, 5.41) is 28.7. The molecule has 1 aliphatic rings. The third-order valence-electron chi connectivity index (χ3n) is 3.28. The van der Waals surface area contributed by atoms with Crippen LogP contribution in [0, 0.1) is 6.92 Å². The molecule has 2 heterocycles. The van der Waals surface area contributed by atoms with Gasteiger partial charge in [-0.3, -0.25) is 14.3 Å². The highest BCUT2D eigenvalue weighted by molar-refractivity contribution is 5.15. The van der Waals surface area contributed by atoms with Crippen LogP contribution in [0.5, 0.6) is 0 Å². The van der Waals surface area contributed by atoms with Gasteiger partial charge in [-0.25, -0.2) is 4.79 Å². The van der Waals surface area contributed by atoms with Gasteiger partial charge < -0.3 is 20.1 Å². The van der Waals surface area contributed by atoms with Crippen LogP contribution in [0.15, 0.2) is 27.9 Å². The molecule has 2 rings (SSSR count). The fourth-order valence-corrected chi connectivity index (χ4v) is 2.06. The van der Waals surface area contributed by atoms with Crippen molar-refractivity contribution in [3.05, 3.63) is 44.8 Å². The van der Waals surface area contributed by atoms with Crippen molar-refractivity contribution >= 4 is 0 Å². The highest BCUT2D eigenvalue weighted by Crippen LogP contribution is 2.30. The Morgan fingerprint density at radius 1 is 1.45 bits per heavy atom. The number of ether oxygens (including phenoxy) is 1. The molecule has 1 aromatic rings. The molecule has 1 fully saturated rings. The first-order chi connectivity index (χ1) is 9.36. The summed E-state index contributed by atoms with van der Waals surface area (Å²) in [6.45, 7) is 4.58. The molecule has 0 saturated carbocycles. The van der Waals surface area contributed by atoms with Crippen LogP contribution < -0.4 is 11.2 Å². The van der Waals surface area contributed by atoms with E-state index in [2.05, 4.69) is 11.6 Å². The molecule has 0 unspecified atom stereocenters. The lowest BCUT2D eigenvalue weighted by Crippen LogP contribution is -2.51. The molecule has 110 valence electrons. The normalized spacial score (nSPS) is 30.5. The molecule has 1 aliphatic heterocycles. The second-order valence-corrected chi connectivity index (χ2v) is 4.70. The second-order valence-electron chi connectivity index (χ2n) is 4.70. The predicted molar refractivity (Wildman–Crippen MR) is 68.2 cm³/mol. The minimum absolute atomic E-state index is 0.0655. The molecule has 8 nitrogen and oxygen atoms in total. The van der Waals surface area contributed by atoms with E-state index in [9.17, 15) is 19.8 Å². The Labute approximate surface area is 113 Å². The number of nitrogens with zero attached hydrogens (tertiary/aromatic N) is 1. The molecule has 1 aromatic heterocycles. The molecule has 4 N–H and O–H groups in total. The Morgan fingerprint density at radius 3 is 2.70 bits per heavy atom. The van der Waals surface area contributed by atoms with Crippen molar-refractivity contribution in [1.29, 1.82) is 0 Å². The standard InChI is InChI=1S/C12H16N2O6/c1-5-3-14(12(19)13-10(5)18)11-6(2)8(16)9(17)7(4-15)20-11/h3,7-9,11,15-17H,2,4H2,1H3,(H,13,18,19)/t7-,8-,9+,11-/m1/s1. The molecule has 20 heavy (non-hydrogen) atoms. The molecule has 0 aromatic carbocycles. The molecule has 1 saturated heterocycles. The lowest BCUT2D eigenvalue weighted by molar-refractivity contribution is -0.170. The van der Waals surface area contributed by atoms with E-state index >= 15 is 0 Å². The van der Waals surface area contributed by atoms with Gasteiger partial charge in [0.2, 0.25) is 0 Å². The van der Waals surface area contributed by atoms with Gasteiger partial charge in [0.15, 0.2) is 6.23 Å². The highest BCUT2D eigenvalue weighted by Gasteiger charge is 2.40. The van der Waals surface area contributed by atoms with Crippen LogP contribution in [0.25, 0.3) is 0 Å². The van der Waals surface area contributed by atoms with Gasteiger partial charge in [-0.2, -0.15) is 0 Å². The molecule has 4 atom stereocenters. The van der Waals surface area contributed by atoms with E-state index in [1.54, 1.807) is 0 Å². The average Bonchev–Trinajstić information content (AvgIpc) is 2.41. The van der Waals surface area contributed by atoms with Gasteiger partial charge in [0.05, 0.1) is 6.61 Å². The number of hydrogen-bond donors (Lipinski definition) is 4. The molecule has 0 radical (unpaired) electrons. The van der Waals surface area contributed by atoms with Crippen LogP contribution in [-0.2, 0) is 4.74 Å². The Kier molecular flexibility index (Phi) is 3.91. The van der Waals surface area contributed by atoms with Crippen molar-refractivity contribution < 1.29 is 20.1 Å². The first-order valence-corrected chi connectivity index (χ1v) is 6.00. The van der Waals surface area contributed by atoms with Crippen molar-refractivity contribution in [2.75, 3.05) is 6.61 Å². The molecular weight excluding hydrogens is 268 g/mol. The number of aryl methyl sites for hydroxylation is 1. The second kappa shape index (κ2) is 5.33. The van der Waals surface area contributed by atoms with Crippen molar-refractivity contribution in [3.63, 3.8) is 0 Å². The minimum Gasteiger partial charge on any atom is -0.394 e. The van der Waals surface area contributed by atoms with E-state index < -0.39 is 42.4 Å². The van der Waals surface area contributed by atoms with Gasteiger partial charge in [0.25, 0.3) is 5.56 Å². The smallest absolute Gasteiger partial charge is 0.330 e. The van der Waals surface area contributed by atoms with Crippen LogP contribution in [0.4, 0.5) is 0 Å². The third-order valence-corrected chi connectivity index (χ3v) is 3.28. The molecule has 0 amide bonds. The maximum Gasteiger partial charge on any atom is 0.330 e. The maximum absolute atomic E-state index is 11.8. The Balaban J connectivity index is 2.46. The summed E-state index contributed by atoms with van der Waals surface area (Å²) in [4.78, 5) is 25.2. The summed E-state index contributed by atoms with van der Waals surface area (Å²) >= 11 is 0. The zero-order valence-electron chi connectivity index (χ0n) is 10.8. The maximum atomic E-state index is 11.8. The number of aromatic nitrogens is 2. The van der Waals surface area contributed by atoms with E-state index in [0.29, 0.717) is 0 Å². The summed E-state index contributed by atoms with van der Waals surface area (Å²) < 4.78 is 6.43. The molecule has 8 heteroatoms. The van der Waals surface area contributed by atoms with E-state index in [-0.39, 0.29) is 11.1 Å². The molecule has 0 spiro atoms. The zero-order valence-corrected chi connectivity index (χ0v) is 10.8. The van der Waals surface area contributed by atoms with Gasteiger partial charge in [-0.15, -0.1) is 0 Å². The first kappa shape index (κ1) is 14.7. The average molecular weight is 284 g/mol. The van der Waals surface area contributed by atoms with E-state index in [1.807, 2.05) is 0 Å². The van der Waals surface area contributed by atoms with Gasteiger partial charge in [0, 0.05) is 17.3 Å². The SMILES string of the molecule is C=C1[C@@H](O)[C@@H](O)[C@@H](CO)O[C@H]1n1cc(C)c(=O)[nH]c1=O. The van der Waals surface area contributed by atoms with Crippen LogP contribution in [-0.4, -0.2) is 49.8 Å². The predicted octanol–water partition coefficient (Wildman–Crippen LogP) is -1.99. The topological polar surface area (TPSA) is 125 Å². The first-order valence-electron chi connectivity index (χ1n) is 6.00. The van der Waals surface area contributed by atoms with Gasteiger partial charge in [-0.05, 0) is 6.92 Å². The summed E-state index contributed by atoms with van der Waals surface area (Å²) in [7, 11) is 0. The zero-order chi connectivity index (χ0) is 15.0. The highest BCUT2D eigenvalue weighted by atomic mass is 16.5. The van der Waals surface area contributed by atoms with E-state index in [0.717, 1.165) is 4.57 Å². The number of aliphatic hydroxyl groups excluding tert-OH is 3. The molecular formula is C12H16N2O6. The number of nitrogens with one attached hydrogen (secondary N) is 1. The van der Waals surface area contributed by atoms with Crippen LogP contribution in [0.1, 0.15) is 11.8 Å². The monoisotopic (exact) mass is 284 g/mol. The van der Waals surface area contributed by atoms with E-state index in [1.165, 1.54) is 13.1 Å². The fourth-order valence-electron chi connectivity index (χ4n) is 2.06. The summed E-state index contributed by atoms with van der Waals surface area (Å²) in [6.07, 6.45) is -3.53. The summed E-state index contributed by atoms with van der Waals surface area (Å²) in [5.74, 6) is 0. The Morgan fingerprint density at radius 2 is 2.10 bits per heavy atom. The largest absolute Gasteiger partial charge is 0.394 e. The number of hydrogen-bond acceptors (Lipinski definition) is 6. The van der Waals surface area contributed by atoms with Crippen LogP contribution >= 0.6 is 0 Å².